The number of alkyl halides is 3. The minimum absolute atomic E-state index is 0.272. The maximum atomic E-state index is 13.0. The molecule has 0 saturated carbocycles. The Balaban J connectivity index is 2.20. The lowest BCUT2D eigenvalue weighted by molar-refractivity contribution is -0.694. The number of nitrogens with zero attached hydrogens (tertiary/aromatic N) is 1. The first-order chi connectivity index (χ1) is 13.0. The lowest BCUT2D eigenvalue weighted by Gasteiger charge is -2.28. The second kappa shape index (κ2) is 8.28. The summed E-state index contributed by atoms with van der Waals surface area (Å²) in [5.41, 5.74) is -4.77. The van der Waals surface area contributed by atoms with Crippen molar-refractivity contribution in [2.75, 3.05) is 5.75 Å². The highest BCUT2D eigenvalue weighted by molar-refractivity contribution is 7.99. The topological polar surface area (TPSA) is 88.6 Å². The van der Waals surface area contributed by atoms with Gasteiger partial charge in [-0.1, -0.05) is 0 Å². The quantitative estimate of drug-likeness (QED) is 0.446. The second-order valence-electron chi connectivity index (χ2n) is 6.04. The molecule has 0 aliphatic heterocycles. The van der Waals surface area contributed by atoms with Crippen molar-refractivity contribution in [3.63, 3.8) is 0 Å². The summed E-state index contributed by atoms with van der Waals surface area (Å²) in [7, 11) is 0. The number of carbonyl (C=O) groups is 1. The maximum Gasteiger partial charge on any atom is 0.417 e. The van der Waals surface area contributed by atoms with E-state index < -0.39 is 45.4 Å². The summed E-state index contributed by atoms with van der Waals surface area (Å²) < 4.78 is 52.0. The number of nitriles is 1. The van der Waals surface area contributed by atoms with E-state index in [1.807, 2.05) is 0 Å². The normalized spacial score (nSPS) is 14.8. The van der Waals surface area contributed by atoms with Crippen LogP contribution in [0.15, 0.2) is 47.4 Å². The van der Waals surface area contributed by atoms with Gasteiger partial charge in [0.05, 0.1) is 17.2 Å². The van der Waals surface area contributed by atoms with E-state index >= 15 is 0 Å². The summed E-state index contributed by atoms with van der Waals surface area (Å²) >= 11 is 0.978. The van der Waals surface area contributed by atoms with Gasteiger partial charge >= 0.3 is 12.1 Å². The van der Waals surface area contributed by atoms with Crippen LogP contribution >= 0.6 is 11.8 Å². The number of hydrogen-bond acceptors (Lipinski definition) is 5. The molecule has 2 unspecified atom stereocenters. The molecule has 0 aromatic heterocycles. The van der Waals surface area contributed by atoms with Gasteiger partial charge in [-0.2, -0.15) is 18.4 Å². The Labute approximate surface area is 161 Å². The minimum atomic E-state index is -4.88. The summed E-state index contributed by atoms with van der Waals surface area (Å²) in [6, 6.07) is 8.71. The Morgan fingerprint density at radius 1 is 1.25 bits per heavy atom. The van der Waals surface area contributed by atoms with Gasteiger partial charge in [-0.05, 0) is 37.3 Å². The number of amides is 1. The van der Waals surface area contributed by atoms with Crippen molar-refractivity contribution in [2.45, 2.75) is 23.6 Å². The Bertz CT molecular complexity index is 909. The average molecular weight is 414 g/mol. The fourth-order valence-electron chi connectivity index (χ4n) is 2.21. The van der Waals surface area contributed by atoms with Crippen LogP contribution in [0, 0.1) is 22.4 Å². The van der Waals surface area contributed by atoms with Gasteiger partial charge < -0.3 is 10.3 Å². The SMILES string of the molecule is CC(O)(CSc1ccc(F)cc1)C(=O)[NH+]([O-])c1ccc(C#N)c(C(F)(F)F)c1. The van der Waals surface area contributed by atoms with Gasteiger partial charge in [0, 0.05) is 22.8 Å². The summed E-state index contributed by atoms with van der Waals surface area (Å²) in [6.07, 6.45) is -4.88. The number of hydroxylamine groups is 1. The molecule has 2 N–H and O–H groups in total. The zero-order chi connectivity index (χ0) is 21.1. The molecule has 0 aliphatic rings. The molecule has 0 heterocycles. The average Bonchev–Trinajstić information content (AvgIpc) is 2.65. The highest BCUT2D eigenvalue weighted by Gasteiger charge is 2.39. The van der Waals surface area contributed by atoms with E-state index in [0.717, 1.165) is 30.8 Å². The largest absolute Gasteiger partial charge is 0.621 e. The van der Waals surface area contributed by atoms with Crippen LogP contribution < -0.4 is 5.06 Å². The van der Waals surface area contributed by atoms with Gasteiger partial charge in [0.25, 0.3) is 0 Å². The molecular weight excluding hydrogens is 400 g/mol. The number of quaternary nitrogens is 1. The Morgan fingerprint density at radius 2 is 1.86 bits per heavy atom. The number of benzene rings is 2. The molecule has 2 aromatic rings. The predicted octanol–water partition coefficient (Wildman–Crippen LogP) is 2.80. The van der Waals surface area contributed by atoms with Crippen molar-refractivity contribution in [3.05, 3.63) is 64.6 Å². The van der Waals surface area contributed by atoms with E-state index in [0.29, 0.717) is 11.0 Å². The lowest BCUT2D eigenvalue weighted by Crippen LogP contribution is -3.08. The van der Waals surface area contributed by atoms with Crippen molar-refractivity contribution in [1.29, 1.82) is 5.26 Å². The van der Waals surface area contributed by atoms with Gasteiger partial charge in [0.15, 0.2) is 5.60 Å². The first-order valence-corrected chi connectivity index (χ1v) is 8.75. The highest BCUT2D eigenvalue weighted by Crippen LogP contribution is 2.33. The second-order valence-corrected chi connectivity index (χ2v) is 7.09. The zero-order valence-electron chi connectivity index (χ0n) is 14.4. The molecule has 0 spiro atoms. The summed E-state index contributed by atoms with van der Waals surface area (Å²) in [5.74, 6) is -2.03. The molecule has 10 heteroatoms. The van der Waals surface area contributed by atoms with Crippen molar-refractivity contribution in [3.8, 4) is 6.07 Å². The maximum absolute atomic E-state index is 13.0. The molecule has 0 bridgehead atoms. The Morgan fingerprint density at radius 3 is 2.39 bits per heavy atom. The van der Waals surface area contributed by atoms with Gasteiger partial charge in [0.1, 0.15) is 11.5 Å². The number of halogens is 4. The molecule has 0 aliphatic carbocycles. The monoisotopic (exact) mass is 414 g/mol. The number of hydrogen-bond donors (Lipinski definition) is 2. The minimum Gasteiger partial charge on any atom is -0.621 e. The molecule has 2 atom stereocenters. The molecule has 0 radical (unpaired) electrons. The molecule has 0 saturated heterocycles. The third-order valence-electron chi connectivity index (χ3n) is 3.74. The lowest BCUT2D eigenvalue weighted by atomic mass is 10.1. The Kier molecular flexibility index (Phi) is 6.46. The van der Waals surface area contributed by atoms with Crippen LogP contribution in [0.3, 0.4) is 0 Å². The molecular formula is C18H14F4N2O3S. The number of rotatable bonds is 5. The summed E-state index contributed by atoms with van der Waals surface area (Å²) in [6.45, 7) is 1.07. The van der Waals surface area contributed by atoms with Crippen molar-refractivity contribution in [2.24, 2.45) is 0 Å². The first kappa shape index (κ1) is 21.8. The fourth-order valence-corrected chi connectivity index (χ4v) is 3.12. The molecule has 0 fully saturated rings. The van der Waals surface area contributed by atoms with Crippen molar-refractivity contribution in [1.82, 2.24) is 0 Å². The van der Waals surface area contributed by atoms with Crippen LogP contribution in [0.25, 0.3) is 0 Å². The smallest absolute Gasteiger partial charge is 0.417 e. The number of nitrogens with one attached hydrogen (secondary N) is 1. The third kappa shape index (κ3) is 5.08. The van der Waals surface area contributed by atoms with Crippen LogP contribution in [-0.4, -0.2) is 22.4 Å². The van der Waals surface area contributed by atoms with Gasteiger partial charge in [-0.3, -0.25) is 5.06 Å². The molecule has 5 nitrogen and oxygen atoms in total. The fraction of sp³-hybridized carbons (Fsp3) is 0.222. The molecule has 148 valence electrons. The number of thioether (sulfide) groups is 1. The molecule has 2 aromatic carbocycles. The molecule has 28 heavy (non-hydrogen) atoms. The number of carbonyl (C=O) groups excluding carboxylic acids is 1. The van der Waals surface area contributed by atoms with Crippen LogP contribution in [0.2, 0.25) is 0 Å². The van der Waals surface area contributed by atoms with E-state index in [4.69, 9.17) is 5.26 Å². The predicted molar refractivity (Wildman–Crippen MR) is 92.9 cm³/mol. The van der Waals surface area contributed by atoms with Gasteiger partial charge in [0.2, 0.25) is 0 Å². The summed E-state index contributed by atoms with van der Waals surface area (Å²) in [4.78, 5) is 12.9. The highest BCUT2D eigenvalue weighted by atomic mass is 32.2. The standard InChI is InChI=1S/C18H14F4N2O3S/c1-17(26,10-28-14-6-3-12(19)4-7-14)16(25)24(27)13-5-2-11(9-23)15(8-13)18(20,21)22/h2-8,24,26H,10H2,1H3. The van der Waals surface area contributed by atoms with Crippen LogP contribution in [0.1, 0.15) is 18.1 Å². The third-order valence-corrected chi connectivity index (χ3v) is 5.05. The van der Waals surface area contributed by atoms with E-state index in [2.05, 4.69) is 0 Å². The Hall–Kier alpha value is -2.45. The van der Waals surface area contributed by atoms with Crippen LogP contribution in [0.4, 0.5) is 23.2 Å². The van der Waals surface area contributed by atoms with Crippen LogP contribution in [-0.2, 0) is 11.0 Å². The van der Waals surface area contributed by atoms with Crippen molar-refractivity contribution >= 4 is 23.4 Å². The van der Waals surface area contributed by atoms with E-state index in [9.17, 15) is 32.7 Å². The summed E-state index contributed by atoms with van der Waals surface area (Å²) in [5, 5.41) is 30.1. The molecule has 2 rings (SSSR count). The van der Waals surface area contributed by atoms with E-state index in [1.54, 1.807) is 0 Å². The number of aliphatic hydroxyl groups is 1. The van der Waals surface area contributed by atoms with Crippen LogP contribution in [0.5, 0.6) is 0 Å². The van der Waals surface area contributed by atoms with Crippen molar-refractivity contribution < 1.29 is 32.5 Å². The first-order valence-electron chi connectivity index (χ1n) is 7.77. The van der Waals surface area contributed by atoms with E-state index in [1.165, 1.54) is 30.3 Å². The van der Waals surface area contributed by atoms with Gasteiger partial charge in [-0.15, -0.1) is 11.8 Å². The zero-order valence-corrected chi connectivity index (χ0v) is 15.2. The van der Waals surface area contributed by atoms with Gasteiger partial charge in [-0.25, -0.2) is 9.18 Å². The molecule has 1 amide bonds. The van der Waals surface area contributed by atoms with E-state index in [-0.39, 0.29) is 5.75 Å².